The van der Waals surface area contributed by atoms with E-state index in [2.05, 4.69) is 24.1 Å². The molecule has 2 aromatic heterocycles. The van der Waals surface area contributed by atoms with Crippen molar-refractivity contribution in [1.82, 2.24) is 14.7 Å². The number of aliphatic carboxylic acids is 1. The van der Waals surface area contributed by atoms with Crippen LogP contribution in [-0.2, 0) is 11.2 Å². The molecule has 0 saturated heterocycles. The van der Waals surface area contributed by atoms with Crippen molar-refractivity contribution in [3.63, 3.8) is 0 Å². The first-order chi connectivity index (χ1) is 12.4. The number of amides is 1. The van der Waals surface area contributed by atoms with E-state index in [1.54, 1.807) is 28.8 Å². The number of imidazole rings is 1. The van der Waals surface area contributed by atoms with Gasteiger partial charge in [-0.25, -0.2) is 4.98 Å². The zero-order valence-corrected chi connectivity index (χ0v) is 15.2. The van der Waals surface area contributed by atoms with Crippen molar-refractivity contribution in [2.24, 2.45) is 23.2 Å². The van der Waals surface area contributed by atoms with Crippen LogP contribution in [0.15, 0.2) is 24.4 Å². The van der Waals surface area contributed by atoms with Gasteiger partial charge in [-0.2, -0.15) is 0 Å². The van der Waals surface area contributed by atoms with Gasteiger partial charge in [0.05, 0.1) is 12.1 Å². The van der Waals surface area contributed by atoms with E-state index in [9.17, 15) is 9.59 Å². The SMILES string of the molecule is CC1(C)C2CCC(CNC(=O)c3cccc4nc(CC(=O)O)cn34)C1C2. The van der Waals surface area contributed by atoms with Crippen molar-refractivity contribution in [2.75, 3.05) is 6.54 Å². The molecule has 26 heavy (non-hydrogen) atoms. The Morgan fingerprint density at radius 2 is 2.15 bits per heavy atom. The van der Waals surface area contributed by atoms with E-state index in [4.69, 9.17) is 5.11 Å². The number of hydrogen-bond donors (Lipinski definition) is 2. The molecule has 3 atom stereocenters. The summed E-state index contributed by atoms with van der Waals surface area (Å²) in [5, 5.41) is 12.0. The van der Waals surface area contributed by atoms with Crippen molar-refractivity contribution in [2.45, 2.75) is 39.5 Å². The minimum absolute atomic E-state index is 0.130. The normalized spacial score (nSPS) is 26.3. The zero-order chi connectivity index (χ0) is 18.5. The van der Waals surface area contributed by atoms with Gasteiger partial charge in [0.2, 0.25) is 0 Å². The molecule has 0 aliphatic heterocycles. The molecule has 6 nitrogen and oxygen atoms in total. The molecule has 3 aliphatic carbocycles. The molecule has 3 fully saturated rings. The minimum Gasteiger partial charge on any atom is -0.481 e. The summed E-state index contributed by atoms with van der Waals surface area (Å²) in [6.45, 7) is 5.42. The molecule has 3 saturated carbocycles. The second-order valence-electron chi connectivity index (χ2n) is 8.35. The third kappa shape index (κ3) is 2.77. The van der Waals surface area contributed by atoms with Gasteiger partial charge in [0.15, 0.2) is 0 Å². The largest absolute Gasteiger partial charge is 0.481 e. The maximum atomic E-state index is 12.7. The summed E-state index contributed by atoms with van der Waals surface area (Å²) < 4.78 is 1.68. The lowest BCUT2D eigenvalue weighted by atomic mass is 9.45. The third-order valence-corrected chi connectivity index (χ3v) is 6.63. The highest BCUT2D eigenvalue weighted by Crippen LogP contribution is 2.61. The van der Waals surface area contributed by atoms with Crippen molar-refractivity contribution >= 4 is 17.5 Å². The summed E-state index contributed by atoms with van der Waals surface area (Å²) in [5.74, 6) is 1.04. The number of rotatable bonds is 5. The molecule has 0 radical (unpaired) electrons. The van der Waals surface area contributed by atoms with E-state index in [1.807, 2.05) is 0 Å². The third-order valence-electron chi connectivity index (χ3n) is 6.63. The first-order valence-electron chi connectivity index (χ1n) is 9.33. The van der Waals surface area contributed by atoms with E-state index < -0.39 is 5.97 Å². The number of pyridine rings is 1. The first-order valence-corrected chi connectivity index (χ1v) is 9.33. The number of hydrogen-bond acceptors (Lipinski definition) is 3. The van der Waals surface area contributed by atoms with Crippen LogP contribution in [0.1, 0.15) is 49.3 Å². The summed E-state index contributed by atoms with van der Waals surface area (Å²) in [4.78, 5) is 27.9. The average molecular weight is 355 g/mol. The fourth-order valence-electron chi connectivity index (χ4n) is 5.01. The Morgan fingerprint density at radius 3 is 2.85 bits per heavy atom. The van der Waals surface area contributed by atoms with Gasteiger partial charge in [0.1, 0.15) is 11.3 Å². The summed E-state index contributed by atoms with van der Waals surface area (Å²) >= 11 is 0. The summed E-state index contributed by atoms with van der Waals surface area (Å²) in [7, 11) is 0. The van der Waals surface area contributed by atoms with Gasteiger partial charge in [-0.3, -0.25) is 14.0 Å². The number of fused-ring (bicyclic) bond motifs is 3. The van der Waals surface area contributed by atoms with Gasteiger partial charge >= 0.3 is 5.97 Å². The predicted molar refractivity (Wildman–Crippen MR) is 97.0 cm³/mol. The monoisotopic (exact) mass is 355 g/mol. The lowest BCUT2D eigenvalue weighted by Crippen LogP contribution is -2.54. The Balaban J connectivity index is 1.48. The highest BCUT2D eigenvalue weighted by atomic mass is 16.4. The minimum atomic E-state index is -0.932. The molecule has 3 aliphatic rings. The molecule has 1 amide bonds. The molecule has 2 aromatic rings. The van der Waals surface area contributed by atoms with Gasteiger partial charge in [-0.05, 0) is 54.6 Å². The van der Waals surface area contributed by atoms with Gasteiger partial charge in [0, 0.05) is 12.7 Å². The van der Waals surface area contributed by atoms with Crippen molar-refractivity contribution in [1.29, 1.82) is 0 Å². The number of carbonyl (C=O) groups excluding carboxylic acids is 1. The molecule has 2 bridgehead atoms. The van der Waals surface area contributed by atoms with Crippen LogP contribution in [0.2, 0.25) is 0 Å². The van der Waals surface area contributed by atoms with Crippen molar-refractivity contribution in [3.8, 4) is 0 Å². The van der Waals surface area contributed by atoms with E-state index >= 15 is 0 Å². The number of nitrogens with one attached hydrogen (secondary N) is 1. The highest BCUT2D eigenvalue weighted by Gasteiger charge is 2.53. The summed E-state index contributed by atoms with van der Waals surface area (Å²) in [6.07, 6.45) is 5.24. The van der Waals surface area contributed by atoms with Gasteiger partial charge in [-0.15, -0.1) is 0 Å². The molecule has 3 unspecified atom stereocenters. The Morgan fingerprint density at radius 1 is 1.35 bits per heavy atom. The van der Waals surface area contributed by atoms with E-state index in [0.29, 0.717) is 40.8 Å². The van der Waals surface area contributed by atoms with Crippen LogP contribution in [0.3, 0.4) is 0 Å². The lowest BCUT2D eigenvalue weighted by molar-refractivity contribution is -0.136. The van der Waals surface area contributed by atoms with E-state index in [0.717, 1.165) is 5.92 Å². The molecule has 2 N–H and O–H groups in total. The average Bonchev–Trinajstić information content (AvgIpc) is 3.01. The Hall–Kier alpha value is -2.37. The van der Waals surface area contributed by atoms with Gasteiger partial charge < -0.3 is 10.4 Å². The standard InChI is InChI=1S/C20H25N3O3/c1-20(2)13-7-6-12(15(20)8-13)10-21-19(26)16-4-3-5-17-22-14(9-18(24)25)11-23(16)17/h3-5,11-13,15H,6-10H2,1-2H3,(H,21,26)(H,24,25). The molecule has 5 rings (SSSR count). The van der Waals surface area contributed by atoms with Crippen molar-refractivity contribution < 1.29 is 14.7 Å². The molecule has 0 spiro atoms. The van der Waals surface area contributed by atoms with Crippen LogP contribution in [0.4, 0.5) is 0 Å². The van der Waals surface area contributed by atoms with Gasteiger partial charge in [-0.1, -0.05) is 19.9 Å². The van der Waals surface area contributed by atoms with E-state index in [-0.39, 0.29) is 12.3 Å². The van der Waals surface area contributed by atoms with Crippen LogP contribution in [0.25, 0.3) is 5.65 Å². The Kier molecular flexibility index (Phi) is 4.01. The number of carbonyl (C=O) groups is 2. The fraction of sp³-hybridized carbons (Fsp3) is 0.550. The van der Waals surface area contributed by atoms with Crippen LogP contribution in [0, 0.1) is 23.2 Å². The number of aromatic nitrogens is 2. The fourth-order valence-corrected chi connectivity index (χ4v) is 5.01. The highest BCUT2D eigenvalue weighted by molar-refractivity contribution is 5.93. The second-order valence-corrected chi connectivity index (χ2v) is 8.35. The maximum absolute atomic E-state index is 12.7. The molecule has 0 aromatic carbocycles. The van der Waals surface area contributed by atoms with Gasteiger partial charge in [0.25, 0.3) is 5.91 Å². The smallest absolute Gasteiger partial charge is 0.309 e. The predicted octanol–water partition coefficient (Wildman–Crippen LogP) is 2.76. The molecular formula is C20H25N3O3. The topological polar surface area (TPSA) is 83.7 Å². The molecule has 2 heterocycles. The molecular weight excluding hydrogens is 330 g/mol. The van der Waals surface area contributed by atoms with Crippen LogP contribution < -0.4 is 5.32 Å². The van der Waals surface area contributed by atoms with Crippen LogP contribution >= 0.6 is 0 Å². The van der Waals surface area contributed by atoms with Crippen LogP contribution in [0.5, 0.6) is 0 Å². The first kappa shape index (κ1) is 17.1. The molecule has 6 heteroatoms. The summed E-state index contributed by atoms with van der Waals surface area (Å²) in [5.41, 5.74) is 1.94. The number of nitrogens with zero attached hydrogens (tertiary/aromatic N) is 2. The summed E-state index contributed by atoms with van der Waals surface area (Å²) in [6, 6.07) is 5.31. The lowest BCUT2D eigenvalue weighted by Gasteiger charge is -2.60. The maximum Gasteiger partial charge on any atom is 0.309 e. The Bertz CT molecular complexity index is 868. The quantitative estimate of drug-likeness (QED) is 0.864. The Labute approximate surface area is 152 Å². The van der Waals surface area contributed by atoms with Crippen molar-refractivity contribution in [3.05, 3.63) is 35.8 Å². The van der Waals surface area contributed by atoms with Crippen LogP contribution in [-0.4, -0.2) is 32.9 Å². The zero-order valence-electron chi connectivity index (χ0n) is 15.2. The second kappa shape index (κ2) is 6.11. The number of carboxylic acids is 1. The number of carboxylic acid groups (broad SMARTS) is 1. The van der Waals surface area contributed by atoms with E-state index in [1.165, 1.54) is 19.3 Å². The molecule has 138 valence electrons.